The molecule has 314 valence electrons. The predicted octanol–water partition coefficient (Wildman–Crippen LogP) is 16.4. The van der Waals surface area contributed by atoms with Crippen LogP contribution < -0.4 is 4.74 Å². The van der Waals surface area contributed by atoms with Crippen molar-refractivity contribution in [2.45, 2.75) is 63.2 Å². The second-order valence-corrected chi connectivity index (χ2v) is 20.4. The second-order valence-electron chi connectivity index (χ2n) is 20.4. The van der Waals surface area contributed by atoms with Crippen molar-refractivity contribution >= 4 is 0 Å². The molecular formula is C64H52O. The maximum Gasteiger partial charge on any atom is 0.132 e. The molecule has 1 heteroatoms. The summed E-state index contributed by atoms with van der Waals surface area (Å²) in [7, 11) is 0. The van der Waals surface area contributed by atoms with Crippen LogP contribution in [0, 0.1) is 0 Å². The Labute approximate surface area is 384 Å². The van der Waals surface area contributed by atoms with Crippen molar-refractivity contribution in [3.63, 3.8) is 0 Å². The Balaban J connectivity index is 1.05. The molecule has 0 amide bonds. The zero-order valence-electron chi connectivity index (χ0n) is 38.0. The van der Waals surface area contributed by atoms with Gasteiger partial charge in [0, 0.05) is 11.1 Å². The van der Waals surface area contributed by atoms with E-state index in [-0.39, 0.29) is 10.8 Å². The molecule has 9 aromatic rings. The minimum atomic E-state index is -0.586. The molecule has 1 aliphatic heterocycles. The van der Waals surface area contributed by atoms with E-state index in [4.69, 9.17) is 4.74 Å². The molecule has 3 aliphatic rings. The predicted molar refractivity (Wildman–Crippen MR) is 269 cm³/mol. The molecule has 2 aliphatic carbocycles. The van der Waals surface area contributed by atoms with E-state index in [1.54, 1.807) is 0 Å². The Morgan fingerprint density at radius 3 is 1.31 bits per heavy atom. The maximum atomic E-state index is 6.78. The summed E-state index contributed by atoms with van der Waals surface area (Å²) < 4.78 is 6.78. The molecule has 1 heterocycles. The van der Waals surface area contributed by atoms with Gasteiger partial charge in [-0.05, 0) is 130 Å². The van der Waals surface area contributed by atoms with Gasteiger partial charge in [0.2, 0.25) is 0 Å². The highest BCUT2D eigenvalue weighted by Gasteiger charge is 2.52. The van der Waals surface area contributed by atoms with Crippen LogP contribution in [0.4, 0.5) is 0 Å². The van der Waals surface area contributed by atoms with Gasteiger partial charge in [-0.15, -0.1) is 0 Å². The van der Waals surface area contributed by atoms with Crippen LogP contribution in [0.2, 0.25) is 0 Å². The van der Waals surface area contributed by atoms with Crippen LogP contribution in [0.3, 0.4) is 0 Å². The van der Waals surface area contributed by atoms with Crippen LogP contribution in [0.15, 0.2) is 206 Å². The summed E-state index contributed by atoms with van der Waals surface area (Å²) in [6.45, 7) is 14.0. The molecule has 0 radical (unpaired) electrons. The first-order chi connectivity index (χ1) is 31.5. The van der Waals surface area contributed by atoms with Crippen molar-refractivity contribution < 1.29 is 4.74 Å². The molecule has 0 fully saturated rings. The Hall–Kier alpha value is -7.22. The Morgan fingerprint density at radius 2 is 0.723 bits per heavy atom. The molecule has 0 saturated carbocycles. The van der Waals surface area contributed by atoms with Gasteiger partial charge in [0.05, 0.1) is 10.8 Å². The molecule has 0 atom stereocenters. The van der Waals surface area contributed by atoms with Crippen molar-refractivity contribution in [1.29, 1.82) is 0 Å². The average Bonchev–Trinajstić information content (AvgIpc) is 3.79. The van der Waals surface area contributed by atoms with Crippen LogP contribution in [0.5, 0.6) is 11.5 Å². The summed E-state index contributed by atoms with van der Waals surface area (Å²) >= 11 is 0. The topological polar surface area (TPSA) is 9.23 Å². The minimum absolute atomic E-state index is 0.00114. The van der Waals surface area contributed by atoms with Gasteiger partial charge in [-0.2, -0.15) is 0 Å². The Morgan fingerprint density at radius 1 is 0.292 bits per heavy atom. The average molecular weight is 837 g/mol. The highest BCUT2D eigenvalue weighted by Crippen LogP contribution is 2.64. The number of para-hydroxylation sites is 1. The number of ether oxygens (including phenoxy) is 1. The summed E-state index contributed by atoms with van der Waals surface area (Å²) in [5.74, 6) is 1.76. The van der Waals surface area contributed by atoms with Crippen molar-refractivity contribution in [2.24, 2.45) is 0 Å². The van der Waals surface area contributed by atoms with Crippen LogP contribution in [-0.4, -0.2) is 0 Å². The first-order valence-corrected chi connectivity index (χ1v) is 23.2. The molecule has 0 saturated heterocycles. The summed E-state index contributed by atoms with van der Waals surface area (Å²) in [6.07, 6.45) is 0. The molecule has 1 spiro atoms. The molecule has 0 unspecified atom stereocenters. The lowest BCUT2D eigenvalue weighted by Gasteiger charge is -2.41. The first-order valence-electron chi connectivity index (χ1n) is 23.2. The van der Waals surface area contributed by atoms with E-state index >= 15 is 0 Å². The van der Waals surface area contributed by atoms with Gasteiger partial charge in [-0.25, -0.2) is 0 Å². The van der Waals surface area contributed by atoms with E-state index < -0.39 is 10.8 Å². The summed E-state index contributed by atoms with van der Waals surface area (Å²) in [6, 6.07) is 77.4. The fourth-order valence-electron chi connectivity index (χ4n) is 11.6. The zero-order valence-corrected chi connectivity index (χ0v) is 38.0. The number of rotatable bonds is 4. The smallest absolute Gasteiger partial charge is 0.132 e. The lowest BCUT2D eigenvalue weighted by atomic mass is 9.63. The van der Waals surface area contributed by atoms with Crippen molar-refractivity contribution in [3.8, 4) is 56.0 Å². The van der Waals surface area contributed by atoms with E-state index in [1.807, 2.05) is 0 Å². The Kier molecular flexibility index (Phi) is 8.57. The fourth-order valence-corrected chi connectivity index (χ4v) is 11.6. The molecule has 65 heavy (non-hydrogen) atoms. The quantitative estimate of drug-likeness (QED) is 0.172. The van der Waals surface area contributed by atoms with E-state index in [0.717, 1.165) is 28.2 Å². The van der Waals surface area contributed by atoms with E-state index in [9.17, 15) is 0 Å². The number of hydrogen-bond acceptors (Lipinski definition) is 1. The molecule has 1 nitrogen and oxygen atoms in total. The molecule has 0 aromatic heterocycles. The fraction of sp³-hybridized carbons (Fsp3) is 0.156. The summed E-state index contributed by atoms with van der Waals surface area (Å²) in [5, 5.41) is 0. The van der Waals surface area contributed by atoms with E-state index in [0.29, 0.717) is 0 Å². The van der Waals surface area contributed by atoms with Gasteiger partial charge in [-0.1, -0.05) is 217 Å². The van der Waals surface area contributed by atoms with Crippen LogP contribution >= 0.6 is 0 Å². The number of hydrogen-bond donors (Lipinski definition) is 0. The van der Waals surface area contributed by atoms with Gasteiger partial charge in [0.1, 0.15) is 11.5 Å². The molecule has 0 N–H and O–H groups in total. The normalized spacial score (nSPS) is 14.7. The van der Waals surface area contributed by atoms with Crippen LogP contribution in [0.25, 0.3) is 44.5 Å². The molecule has 12 rings (SSSR count). The lowest BCUT2D eigenvalue weighted by molar-refractivity contribution is 0.434. The minimum Gasteiger partial charge on any atom is -0.457 e. The SMILES string of the molecule is CC(C)(C)c1ccc2c(c1)C1(c3ccccc3-c3ccc(-c4cccc(-c5ccc6c(c5)C(c5ccccc5)(c5ccccc5)c5ccccc5O6)c4)cc31)c1cc(C(C)(C)C)ccc1-2. The standard InChI is InChI=1S/C64H52O/c1-61(2,3)47-30-33-51-52-34-31-48(62(4,5)6)40-57(52)64(56(51)39-47)53-25-14-13-24-49(53)50-32-28-43(37-55(50)64)41-18-17-19-42(36-41)44-29-35-60-58(38-44)63(45-20-9-7-10-21-45,46-22-11-8-12-23-46)54-26-15-16-27-59(54)65-60/h7-40H,1-6H3. The lowest BCUT2D eigenvalue weighted by Crippen LogP contribution is -2.34. The van der Waals surface area contributed by atoms with Gasteiger partial charge < -0.3 is 4.74 Å². The van der Waals surface area contributed by atoms with E-state index in [1.165, 1.54) is 83.5 Å². The highest BCUT2D eigenvalue weighted by molar-refractivity contribution is 5.96. The van der Waals surface area contributed by atoms with Crippen molar-refractivity contribution in [3.05, 3.63) is 262 Å². The molecule has 0 bridgehead atoms. The van der Waals surface area contributed by atoms with Crippen molar-refractivity contribution in [2.75, 3.05) is 0 Å². The number of fused-ring (bicyclic) bond motifs is 12. The molecular weight excluding hydrogens is 785 g/mol. The monoisotopic (exact) mass is 836 g/mol. The van der Waals surface area contributed by atoms with Gasteiger partial charge in [-0.3, -0.25) is 0 Å². The highest BCUT2D eigenvalue weighted by atomic mass is 16.5. The maximum absolute atomic E-state index is 6.78. The summed E-state index contributed by atoms with van der Waals surface area (Å²) in [5.41, 5.74) is 21.9. The van der Waals surface area contributed by atoms with Gasteiger partial charge >= 0.3 is 0 Å². The zero-order chi connectivity index (χ0) is 44.3. The van der Waals surface area contributed by atoms with Gasteiger partial charge in [0.25, 0.3) is 0 Å². The van der Waals surface area contributed by atoms with E-state index in [2.05, 4.69) is 248 Å². The first kappa shape index (κ1) is 39.4. The third-order valence-corrected chi connectivity index (χ3v) is 14.8. The van der Waals surface area contributed by atoms with Gasteiger partial charge in [0.15, 0.2) is 0 Å². The largest absolute Gasteiger partial charge is 0.457 e. The third kappa shape index (κ3) is 5.71. The summed E-state index contributed by atoms with van der Waals surface area (Å²) in [4.78, 5) is 0. The Bertz CT molecular complexity index is 3250. The molecule has 9 aromatic carbocycles. The van der Waals surface area contributed by atoms with Crippen LogP contribution in [0.1, 0.15) is 97.2 Å². The number of benzene rings is 9. The third-order valence-electron chi connectivity index (χ3n) is 14.8. The van der Waals surface area contributed by atoms with Crippen molar-refractivity contribution in [1.82, 2.24) is 0 Å². The second kappa shape index (κ2) is 14.1. The van der Waals surface area contributed by atoms with Crippen LogP contribution in [-0.2, 0) is 21.7 Å².